The Morgan fingerprint density at radius 1 is 1.26 bits per heavy atom. The number of aryl methyl sites for hydroxylation is 1. The summed E-state index contributed by atoms with van der Waals surface area (Å²) < 4.78 is 0. The molecule has 19 heavy (non-hydrogen) atoms. The Morgan fingerprint density at radius 3 is 2.79 bits per heavy atom. The van der Waals surface area contributed by atoms with Crippen molar-refractivity contribution >= 4 is 22.7 Å². The standard InChI is InChI=1S/C15H19N3S/c1-12-11-19-15(17-12)10-16-13-6-2-3-7-14(13)18-8-4-5-9-18/h2-3,6-7,11,16H,4-5,8-10H2,1H3. The van der Waals surface area contributed by atoms with Crippen molar-refractivity contribution < 1.29 is 0 Å². The Labute approximate surface area is 118 Å². The van der Waals surface area contributed by atoms with Crippen LogP contribution < -0.4 is 10.2 Å². The minimum Gasteiger partial charge on any atom is -0.377 e. The zero-order valence-corrected chi connectivity index (χ0v) is 12.0. The molecule has 0 saturated carbocycles. The molecule has 2 heterocycles. The second-order valence-corrected chi connectivity index (χ2v) is 5.89. The maximum atomic E-state index is 4.50. The monoisotopic (exact) mass is 273 g/mol. The van der Waals surface area contributed by atoms with Gasteiger partial charge in [0.25, 0.3) is 0 Å². The molecule has 1 aromatic carbocycles. The Bertz CT molecular complexity index is 544. The predicted octanol–water partition coefficient (Wildman–Crippen LogP) is 3.66. The number of benzene rings is 1. The number of nitrogens with zero attached hydrogens (tertiary/aromatic N) is 2. The minimum atomic E-state index is 0.809. The molecule has 1 saturated heterocycles. The normalized spacial score (nSPS) is 14.9. The van der Waals surface area contributed by atoms with Crippen molar-refractivity contribution in [1.29, 1.82) is 0 Å². The maximum Gasteiger partial charge on any atom is 0.112 e. The summed E-state index contributed by atoms with van der Waals surface area (Å²) in [6, 6.07) is 8.58. The van der Waals surface area contributed by atoms with Crippen LogP contribution >= 0.6 is 11.3 Å². The average Bonchev–Trinajstić information content (AvgIpc) is 3.08. The third-order valence-corrected chi connectivity index (χ3v) is 4.41. The fraction of sp³-hybridized carbons (Fsp3) is 0.400. The van der Waals surface area contributed by atoms with E-state index in [2.05, 4.69) is 44.8 Å². The summed E-state index contributed by atoms with van der Waals surface area (Å²) in [6.45, 7) is 5.20. The SMILES string of the molecule is Cc1csc(CNc2ccccc2N2CCCC2)n1. The zero-order chi connectivity index (χ0) is 13.1. The molecule has 0 radical (unpaired) electrons. The van der Waals surface area contributed by atoms with Gasteiger partial charge in [-0.05, 0) is 31.9 Å². The van der Waals surface area contributed by atoms with E-state index in [4.69, 9.17) is 0 Å². The van der Waals surface area contributed by atoms with Crippen LogP contribution in [0.1, 0.15) is 23.5 Å². The lowest BCUT2D eigenvalue weighted by Gasteiger charge is -2.21. The largest absolute Gasteiger partial charge is 0.377 e. The summed E-state index contributed by atoms with van der Waals surface area (Å²) in [5.41, 5.74) is 3.65. The molecule has 2 aromatic rings. The zero-order valence-electron chi connectivity index (χ0n) is 11.2. The quantitative estimate of drug-likeness (QED) is 0.921. The van der Waals surface area contributed by atoms with E-state index in [1.807, 2.05) is 6.92 Å². The summed E-state index contributed by atoms with van der Waals surface area (Å²) in [6.07, 6.45) is 2.61. The van der Waals surface area contributed by atoms with Crippen LogP contribution in [0.4, 0.5) is 11.4 Å². The average molecular weight is 273 g/mol. The van der Waals surface area contributed by atoms with E-state index in [1.165, 1.54) is 37.3 Å². The van der Waals surface area contributed by atoms with Crippen molar-refractivity contribution in [2.75, 3.05) is 23.3 Å². The topological polar surface area (TPSA) is 28.2 Å². The molecule has 1 aliphatic heterocycles. The Hall–Kier alpha value is -1.55. The molecular formula is C15H19N3S. The van der Waals surface area contributed by atoms with Gasteiger partial charge < -0.3 is 10.2 Å². The molecule has 1 fully saturated rings. The molecule has 1 N–H and O–H groups in total. The molecule has 0 aliphatic carbocycles. The van der Waals surface area contributed by atoms with Gasteiger partial charge in [0.1, 0.15) is 5.01 Å². The van der Waals surface area contributed by atoms with E-state index in [-0.39, 0.29) is 0 Å². The molecule has 3 rings (SSSR count). The first-order chi connectivity index (χ1) is 9.33. The fourth-order valence-electron chi connectivity index (χ4n) is 2.51. The second kappa shape index (κ2) is 5.61. The number of thiazole rings is 1. The van der Waals surface area contributed by atoms with Crippen LogP contribution in [0.25, 0.3) is 0 Å². The maximum absolute atomic E-state index is 4.50. The summed E-state index contributed by atoms with van der Waals surface area (Å²) in [5, 5.41) is 6.77. The molecule has 4 heteroatoms. The summed E-state index contributed by atoms with van der Waals surface area (Å²) in [4.78, 5) is 6.96. The first-order valence-corrected chi connectivity index (χ1v) is 7.70. The third-order valence-electron chi connectivity index (χ3n) is 3.45. The molecule has 1 aliphatic rings. The molecular weight excluding hydrogens is 254 g/mol. The van der Waals surface area contributed by atoms with Crippen molar-refractivity contribution in [2.45, 2.75) is 26.3 Å². The molecule has 1 aromatic heterocycles. The lowest BCUT2D eigenvalue weighted by molar-refractivity contribution is 0.949. The number of hydrogen-bond acceptors (Lipinski definition) is 4. The van der Waals surface area contributed by atoms with Crippen molar-refractivity contribution in [3.63, 3.8) is 0 Å². The van der Waals surface area contributed by atoms with Gasteiger partial charge in [0, 0.05) is 24.2 Å². The van der Waals surface area contributed by atoms with E-state index in [1.54, 1.807) is 11.3 Å². The van der Waals surface area contributed by atoms with Crippen LogP contribution in [0.15, 0.2) is 29.6 Å². The van der Waals surface area contributed by atoms with Gasteiger partial charge in [-0.1, -0.05) is 12.1 Å². The van der Waals surface area contributed by atoms with E-state index < -0.39 is 0 Å². The molecule has 0 bridgehead atoms. The summed E-state index contributed by atoms with van der Waals surface area (Å²) in [7, 11) is 0. The molecule has 0 amide bonds. The molecule has 100 valence electrons. The molecule has 0 unspecified atom stereocenters. The number of rotatable bonds is 4. The van der Waals surface area contributed by atoms with Gasteiger partial charge in [0.2, 0.25) is 0 Å². The van der Waals surface area contributed by atoms with Crippen LogP contribution in [0.3, 0.4) is 0 Å². The highest BCUT2D eigenvalue weighted by Crippen LogP contribution is 2.29. The van der Waals surface area contributed by atoms with E-state index in [0.29, 0.717) is 0 Å². The number of anilines is 2. The lowest BCUT2D eigenvalue weighted by Crippen LogP contribution is -2.19. The number of para-hydroxylation sites is 2. The Morgan fingerprint density at radius 2 is 2.05 bits per heavy atom. The Balaban J connectivity index is 1.73. The first-order valence-electron chi connectivity index (χ1n) is 6.82. The first kappa shape index (κ1) is 12.5. The second-order valence-electron chi connectivity index (χ2n) is 4.95. The third kappa shape index (κ3) is 2.89. The highest BCUT2D eigenvalue weighted by molar-refractivity contribution is 7.09. The van der Waals surface area contributed by atoms with Crippen LogP contribution in [0.5, 0.6) is 0 Å². The molecule has 3 nitrogen and oxygen atoms in total. The van der Waals surface area contributed by atoms with Gasteiger partial charge in [0.05, 0.1) is 17.9 Å². The number of hydrogen-bond donors (Lipinski definition) is 1. The lowest BCUT2D eigenvalue weighted by atomic mass is 10.2. The van der Waals surface area contributed by atoms with Gasteiger partial charge in [-0.2, -0.15) is 0 Å². The van der Waals surface area contributed by atoms with Gasteiger partial charge >= 0.3 is 0 Å². The van der Waals surface area contributed by atoms with Crippen LogP contribution in [0, 0.1) is 6.92 Å². The molecule has 0 spiro atoms. The smallest absolute Gasteiger partial charge is 0.112 e. The van der Waals surface area contributed by atoms with Gasteiger partial charge in [-0.15, -0.1) is 11.3 Å². The van der Waals surface area contributed by atoms with Crippen molar-refractivity contribution in [3.8, 4) is 0 Å². The van der Waals surface area contributed by atoms with E-state index >= 15 is 0 Å². The minimum absolute atomic E-state index is 0.809. The van der Waals surface area contributed by atoms with Gasteiger partial charge in [-0.25, -0.2) is 4.98 Å². The highest BCUT2D eigenvalue weighted by Gasteiger charge is 2.15. The van der Waals surface area contributed by atoms with Gasteiger partial charge in [0.15, 0.2) is 0 Å². The number of aromatic nitrogens is 1. The van der Waals surface area contributed by atoms with Crippen LogP contribution in [-0.2, 0) is 6.54 Å². The molecule has 0 atom stereocenters. The Kier molecular flexibility index (Phi) is 3.69. The fourth-order valence-corrected chi connectivity index (χ4v) is 3.22. The summed E-state index contributed by atoms with van der Waals surface area (Å²) >= 11 is 1.72. The van der Waals surface area contributed by atoms with Crippen molar-refractivity contribution in [2.24, 2.45) is 0 Å². The van der Waals surface area contributed by atoms with Gasteiger partial charge in [-0.3, -0.25) is 0 Å². The van der Waals surface area contributed by atoms with Crippen LogP contribution in [-0.4, -0.2) is 18.1 Å². The van der Waals surface area contributed by atoms with Crippen molar-refractivity contribution in [3.05, 3.63) is 40.3 Å². The van der Waals surface area contributed by atoms with Crippen molar-refractivity contribution in [1.82, 2.24) is 4.98 Å². The predicted molar refractivity (Wildman–Crippen MR) is 82.1 cm³/mol. The highest BCUT2D eigenvalue weighted by atomic mass is 32.1. The van der Waals surface area contributed by atoms with E-state index in [9.17, 15) is 0 Å². The van der Waals surface area contributed by atoms with E-state index in [0.717, 1.165) is 17.2 Å². The summed E-state index contributed by atoms with van der Waals surface area (Å²) in [5.74, 6) is 0. The number of nitrogens with one attached hydrogen (secondary N) is 1. The van der Waals surface area contributed by atoms with Crippen LogP contribution in [0.2, 0.25) is 0 Å².